The van der Waals surface area contributed by atoms with Gasteiger partial charge in [0.05, 0.1) is 17.5 Å². The Bertz CT molecular complexity index is 1430. The molecule has 2 aromatic carbocycles. The Hall–Kier alpha value is -3.12. The van der Waals surface area contributed by atoms with Crippen LogP contribution < -0.4 is 4.74 Å². The van der Waals surface area contributed by atoms with Crippen LogP contribution in [0.15, 0.2) is 48.5 Å². The molecule has 7 rings (SSSR count). The lowest BCUT2D eigenvalue weighted by atomic mass is 9.48. The monoisotopic (exact) mass is 568 g/mol. The highest BCUT2D eigenvalue weighted by Gasteiger charge is 2.75. The smallest absolute Gasteiger partial charge is 0.303 e. The Morgan fingerprint density at radius 2 is 1.95 bits per heavy atom. The summed E-state index contributed by atoms with van der Waals surface area (Å²) in [6.45, 7) is 10.7. The van der Waals surface area contributed by atoms with Crippen molar-refractivity contribution >= 4 is 18.0 Å². The van der Waals surface area contributed by atoms with E-state index in [9.17, 15) is 9.59 Å². The summed E-state index contributed by atoms with van der Waals surface area (Å²) in [6, 6.07) is 14.7. The average molecular weight is 569 g/mol. The van der Waals surface area contributed by atoms with E-state index in [4.69, 9.17) is 9.47 Å². The summed E-state index contributed by atoms with van der Waals surface area (Å²) >= 11 is 0. The lowest BCUT2D eigenvalue weighted by molar-refractivity contribution is -0.224. The highest BCUT2D eigenvalue weighted by Crippen LogP contribution is 2.66. The van der Waals surface area contributed by atoms with Gasteiger partial charge in [0, 0.05) is 31.7 Å². The number of esters is 1. The van der Waals surface area contributed by atoms with E-state index in [1.54, 1.807) is 13.0 Å². The minimum Gasteiger partial charge on any atom is -0.487 e. The van der Waals surface area contributed by atoms with Gasteiger partial charge in [-0.15, -0.1) is 0 Å². The van der Waals surface area contributed by atoms with Gasteiger partial charge in [0.1, 0.15) is 17.5 Å². The maximum Gasteiger partial charge on any atom is 0.303 e. The fourth-order valence-corrected chi connectivity index (χ4v) is 9.00. The fraction of sp³-hybridized carbons (Fsp3) is 0.556. The molecule has 0 unspecified atom stereocenters. The van der Waals surface area contributed by atoms with Crippen molar-refractivity contribution in [2.75, 3.05) is 19.6 Å². The Kier molecular flexibility index (Phi) is 6.76. The van der Waals surface area contributed by atoms with Crippen LogP contribution in [0.1, 0.15) is 75.1 Å². The largest absolute Gasteiger partial charge is 0.487 e. The van der Waals surface area contributed by atoms with Crippen molar-refractivity contribution in [2.24, 2.45) is 11.8 Å². The predicted molar refractivity (Wildman–Crippen MR) is 163 cm³/mol. The second kappa shape index (κ2) is 10.3. The van der Waals surface area contributed by atoms with Crippen LogP contribution in [0.5, 0.6) is 5.75 Å². The van der Waals surface area contributed by atoms with Crippen molar-refractivity contribution in [2.45, 2.75) is 95.4 Å². The normalized spacial score (nSPS) is 31.1. The molecule has 1 spiro atoms. The molecule has 6 nitrogen and oxygen atoms in total. The van der Waals surface area contributed by atoms with Crippen molar-refractivity contribution in [1.82, 2.24) is 9.80 Å². The molecule has 3 aliphatic carbocycles. The number of carbonyl (C=O) groups excluding carboxylic acids is 2. The number of rotatable bonds is 8. The fourth-order valence-electron chi connectivity index (χ4n) is 9.00. The van der Waals surface area contributed by atoms with Gasteiger partial charge in [-0.05, 0) is 87.1 Å². The number of aryl methyl sites for hydroxylation is 1. The first-order chi connectivity index (χ1) is 20.2. The zero-order valence-electron chi connectivity index (χ0n) is 25.5. The molecule has 3 fully saturated rings. The van der Waals surface area contributed by atoms with Crippen LogP contribution in [-0.4, -0.2) is 65.1 Å². The molecule has 0 aromatic heterocycles. The first-order valence-electron chi connectivity index (χ1n) is 16.0. The molecule has 2 saturated carbocycles. The number of ether oxygens (including phenoxy) is 2. The molecule has 0 N–H and O–H groups in total. The summed E-state index contributed by atoms with van der Waals surface area (Å²) in [6.07, 6.45) is 9.23. The zero-order chi connectivity index (χ0) is 29.2. The Balaban J connectivity index is 1.31. The third kappa shape index (κ3) is 4.32. The minimum atomic E-state index is -0.656. The third-order valence-electron chi connectivity index (χ3n) is 10.6. The molecule has 5 aliphatic rings. The average Bonchev–Trinajstić information content (AvgIpc) is 3.69. The van der Waals surface area contributed by atoms with Crippen LogP contribution in [0.3, 0.4) is 0 Å². The maximum absolute atomic E-state index is 14.1. The van der Waals surface area contributed by atoms with E-state index in [2.05, 4.69) is 60.9 Å². The summed E-state index contributed by atoms with van der Waals surface area (Å²) in [5.41, 5.74) is 3.64. The third-order valence-corrected chi connectivity index (χ3v) is 10.6. The quantitative estimate of drug-likeness (QED) is 0.302. The van der Waals surface area contributed by atoms with Crippen molar-refractivity contribution < 1.29 is 19.1 Å². The van der Waals surface area contributed by atoms with Gasteiger partial charge in [-0.1, -0.05) is 55.8 Å². The van der Waals surface area contributed by atoms with Gasteiger partial charge in [0.25, 0.3) is 0 Å². The SMILES string of the molecule is CC(=O)O[C@@]12CC[C@@H](N(CC(C)C)C(=O)C=Cc3cccc(C)c3)[C@@H]3Oc4cccc5c4[C@@]31CCN(CC1CC1)[C@@H]2C5. The summed E-state index contributed by atoms with van der Waals surface area (Å²) in [4.78, 5) is 31.7. The lowest BCUT2D eigenvalue weighted by Crippen LogP contribution is -2.79. The molecule has 1 amide bonds. The zero-order valence-corrected chi connectivity index (χ0v) is 25.5. The van der Waals surface area contributed by atoms with Gasteiger partial charge in [-0.3, -0.25) is 14.5 Å². The van der Waals surface area contributed by atoms with Crippen LogP contribution in [0, 0.1) is 18.8 Å². The molecule has 2 bridgehead atoms. The van der Waals surface area contributed by atoms with Gasteiger partial charge in [-0.2, -0.15) is 0 Å². The number of amides is 1. The van der Waals surface area contributed by atoms with Crippen LogP contribution >= 0.6 is 0 Å². The second-order valence-electron chi connectivity index (χ2n) is 13.9. The van der Waals surface area contributed by atoms with Crippen molar-refractivity contribution in [3.63, 3.8) is 0 Å². The number of benzene rings is 2. The maximum atomic E-state index is 14.1. The standard InChI is InChI=1S/C36H44N2O4/c1-23(2)21-38(32(40)14-13-26-8-5-7-24(3)19-26)29-15-16-36(42-25(4)39)31-20-28-9-6-10-30-33(28)35(36,34(29)41-30)17-18-37(31)22-27-11-12-27/h5-10,13-14,19,23,27,29,31,34H,11-12,15-18,20-22H2,1-4H3/t29-,31-,34+,35+,36-/m1/s1. The van der Waals surface area contributed by atoms with Gasteiger partial charge in [0.2, 0.25) is 5.91 Å². The Morgan fingerprint density at radius 1 is 1.14 bits per heavy atom. The molecule has 2 heterocycles. The number of hydrogen-bond acceptors (Lipinski definition) is 5. The summed E-state index contributed by atoms with van der Waals surface area (Å²) in [7, 11) is 0. The minimum absolute atomic E-state index is 0.0184. The van der Waals surface area contributed by atoms with Gasteiger partial charge < -0.3 is 14.4 Å². The van der Waals surface area contributed by atoms with E-state index in [0.717, 1.165) is 56.0 Å². The number of likely N-dealkylation sites (tertiary alicyclic amines) is 1. The van der Waals surface area contributed by atoms with Crippen LogP contribution in [0.25, 0.3) is 6.08 Å². The molecule has 2 aliphatic heterocycles. The van der Waals surface area contributed by atoms with Crippen molar-refractivity contribution in [3.05, 3.63) is 70.8 Å². The van der Waals surface area contributed by atoms with E-state index in [-0.39, 0.29) is 30.1 Å². The van der Waals surface area contributed by atoms with E-state index < -0.39 is 11.0 Å². The molecular weight excluding hydrogens is 524 g/mol. The number of hydrogen-bond donors (Lipinski definition) is 0. The molecule has 5 atom stereocenters. The van der Waals surface area contributed by atoms with Crippen LogP contribution in [0.4, 0.5) is 0 Å². The van der Waals surface area contributed by atoms with Crippen LogP contribution in [0.2, 0.25) is 0 Å². The molecule has 1 saturated heterocycles. The highest BCUT2D eigenvalue weighted by molar-refractivity contribution is 5.92. The predicted octanol–water partition coefficient (Wildman–Crippen LogP) is 5.70. The number of piperidine rings is 1. The molecule has 0 radical (unpaired) electrons. The summed E-state index contributed by atoms with van der Waals surface area (Å²) < 4.78 is 13.6. The first kappa shape index (κ1) is 27.7. The van der Waals surface area contributed by atoms with E-state index >= 15 is 0 Å². The number of nitrogens with zero attached hydrogens (tertiary/aromatic N) is 2. The first-order valence-corrected chi connectivity index (χ1v) is 16.0. The van der Waals surface area contributed by atoms with Crippen LogP contribution in [-0.2, 0) is 26.2 Å². The van der Waals surface area contributed by atoms with Crippen molar-refractivity contribution in [3.8, 4) is 5.75 Å². The molecule has 6 heteroatoms. The molecule has 222 valence electrons. The van der Waals surface area contributed by atoms with Crippen molar-refractivity contribution in [1.29, 1.82) is 0 Å². The van der Waals surface area contributed by atoms with Gasteiger partial charge >= 0.3 is 5.97 Å². The summed E-state index contributed by atoms with van der Waals surface area (Å²) in [5.74, 6) is 1.78. The van der Waals surface area contributed by atoms with Gasteiger partial charge in [0.15, 0.2) is 0 Å². The van der Waals surface area contributed by atoms with E-state index in [1.165, 1.54) is 29.5 Å². The van der Waals surface area contributed by atoms with Gasteiger partial charge in [-0.25, -0.2) is 0 Å². The molecular formula is C36H44N2O4. The number of carbonyl (C=O) groups is 2. The van der Waals surface area contributed by atoms with E-state index in [1.807, 2.05) is 18.2 Å². The topological polar surface area (TPSA) is 59.1 Å². The lowest BCUT2D eigenvalue weighted by Gasteiger charge is -2.65. The molecule has 2 aromatic rings. The summed E-state index contributed by atoms with van der Waals surface area (Å²) in [5, 5.41) is 0. The second-order valence-corrected chi connectivity index (χ2v) is 13.9. The Labute approximate surface area is 250 Å². The molecule has 42 heavy (non-hydrogen) atoms. The Morgan fingerprint density at radius 3 is 2.69 bits per heavy atom. The van der Waals surface area contributed by atoms with E-state index in [0.29, 0.717) is 12.5 Å². The highest BCUT2D eigenvalue weighted by atomic mass is 16.6.